The van der Waals surface area contributed by atoms with Gasteiger partial charge in [-0.2, -0.15) is 5.10 Å². The Morgan fingerprint density at radius 3 is 2.41 bits per heavy atom. The number of hydrogen-bond acceptors (Lipinski definition) is 5. The average Bonchev–Trinajstić information content (AvgIpc) is 2.74. The van der Waals surface area contributed by atoms with Crippen molar-refractivity contribution in [2.24, 2.45) is 0 Å². The third kappa shape index (κ3) is 5.65. The first-order valence-electron chi connectivity index (χ1n) is 8.93. The first-order chi connectivity index (χ1) is 14.0. The maximum absolute atomic E-state index is 13.1. The van der Waals surface area contributed by atoms with Crippen LogP contribution < -0.4 is 20.3 Å². The van der Waals surface area contributed by atoms with Crippen LogP contribution in [0.5, 0.6) is 11.5 Å². The standard InChI is InChI=1S/C21H20FN3O4/c1-28-17-6-8-18(9-7-17)29-13-12-23-20(26)14-25-21(27)11-10-19(24-25)15-2-4-16(22)5-3-15/h2-11H,12-14H2,1H3,(H,23,26). The van der Waals surface area contributed by atoms with Gasteiger partial charge in [-0.15, -0.1) is 0 Å². The van der Waals surface area contributed by atoms with E-state index in [4.69, 9.17) is 9.47 Å². The van der Waals surface area contributed by atoms with Crippen molar-refractivity contribution in [1.82, 2.24) is 15.1 Å². The molecule has 29 heavy (non-hydrogen) atoms. The SMILES string of the molecule is COc1ccc(OCCNC(=O)Cn2nc(-c3ccc(F)cc3)ccc2=O)cc1. The fraction of sp³-hybridized carbons (Fsp3) is 0.190. The van der Waals surface area contributed by atoms with Gasteiger partial charge < -0.3 is 14.8 Å². The van der Waals surface area contributed by atoms with Gasteiger partial charge in [-0.3, -0.25) is 9.59 Å². The molecule has 2 aromatic carbocycles. The number of rotatable bonds is 8. The first kappa shape index (κ1) is 20.1. The second-order valence-electron chi connectivity index (χ2n) is 6.10. The number of ether oxygens (including phenoxy) is 2. The Morgan fingerprint density at radius 1 is 1.03 bits per heavy atom. The Hall–Kier alpha value is -3.68. The summed E-state index contributed by atoms with van der Waals surface area (Å²) in [5.41, 5.74) is 0.717. The number of carbonyl (C=O) groups excluding carboxylic acids is 1. The predicted octanol–water partition coefficient (Wildman–Crippen LogP) is 2.25. The molecule has 0 atom stereocenters. The number of nitrogens with zero attached hydrogens (tertiary/aromatic N) is 2. The highest BCUT2D eigenvalue weighted by atomic mass is 19.1. The van der Waals surface area contributed by atoms with E-state index in [1.54, 1.807) is 43.5 Å². The molecule has 0 saturated carbocycles. The third-order valence-corrected chi connectivity index (χ3v) is 4.05. The molecule has 3 rings (SSSR count). The molecule has 0 aliphatic heterocycles. The lowest BCUT2D eigenvalue weighted by Gasteiger charge is -2.10. The number of methoxy groups -OCH3 is 1. The van der Waals surface area contributed by atoms with E-state index in [0.717, 1.165) is 10.4 Å². The van der Waals surface area contributed by atoms with Crippen LogP contribution in [0.2, 0.25) is 0 Å². The lowest BCUT2D eigenvalue weighted by Crippen LogP contribution is -2.35. The number of aromatic nitrogens is 2. The van der Waals surface area contributed by atoms with Gasteiger partial charge in [0.05, 0.1) is 19.3 Å². The highest BCUT2D eigenvalue weighted by molar-refractivity contribution is 5.75. The van der Waals surface area contributed by atoms with Gasteiger partial charge in [-0.1, -0.05) is 0 Å². The van der Waals surface area contributed by atoms with Gasteiger partial charge in [0.2, 0.25) is 5.91 Å². The molecule has 0 unspecified atom stereocenters. The minimum Gasteiger partial charge on any atom is -0.497 e. The molecule has 0 radical (unpaired) electrons. The van der Waals surface area contributed by atoms with Crippen molar-refractivity contribution >= 4 is 5.91 Å². The first-order valence-corrected chi connectivity index (χ1v) is 8.93. The Kier molecular flexibility index (Phi) is 6.57. The highest BCUT2D eigenvalue weighted by Crippen LogP contribution is 2.17. The molecule has 0 fully saturated rings. The van der Waals surface area contributed by atoms with E-state index in [-0.39, 0.29) is 31.4 Å². The maximum Gasteiger partial charge on any atom is 0.267 e. The molecular weight excluding hydrogens is 377 g/mol. The van der Waals surface area contributed by atoms with Gasteiger partial charge in [-0.25, -0.2) is 9.07 Å². The molecule has 150 valence electrons. The molecule has 1 heterocycles. The number of hydrogen-bond donors (Lipinski definition) is 1. The second-order valence-corrected chi connectivity index (χ2v) is 6.10. The second kappa shape index (κ2) is 9.50. The Balaban J connectivity index is 1.52. The molecule has 0 spiro atoms. The van der Waals surface area contributed by atoms with Crippen LogP contribution in [0.4, 0.5) is 4.39 Å². The lowest BCUT2D eigenvalue weighted by atomic mass is 10.1. The molecule has 0 bridgehead atoms. The molecule has 1 amide bonds. The minimum absolute atomic E-state index is 0.226. The zero-order chi connectivity index (χ0) is 20.6. The van der Waals surface area contributed by atoms with Crippen molar-refractivity contribution in [3.63, 3.8) is 0 Å². The summed E-state index contributed by atoms with van der Waals surface area (Å²) in [5.74, 6) is 0.656. The highest BCUT2D eigenvalue weighted by Gasteiger charge is 2.08. The van der Waals surface area contributed by atoms with Gasteiger partial charge >= 0.3 is 0 Å². The van der Waals surface area contributed by atoms with Crippen LogP contribution in [-0.2, 0) is 11.3 Å². The van der Waals surface area contributed by atoms with Crippen molar-refractivity contribution in [2.45, 2.75) is 6.54 Å². The van der Waals surface area contributed by atoms with Crippen molar-refractivity contribution in [2.75, 3.05) is 20.3 Å². The summed E-state index contributed by atoms with van der Waals surface area (Å²) < 4.78 is 24.7. The van der Waals surface area contributed by atoms with E-state index in [0.29, 0.717) is 17.0 Å². The summed E-state index contributed by atoms with van der Waals surface area (Å²) >= 11 is 0. The monoisotopic (exact) mass is 397 g/mol. The number of benzene rings is 2. The average molecular weight is 397 g/mol. The van der Waals surface area contributed by atoms with Crippen LogP contribution in [0, 0.1) is 5.82 Å². The smallest absolute Gasteiger partial charge is 0.267 e. The van der Waals surface area contributed by atoms with Gasteiger partial charge in [-0.05, 0) is 54.6 Å². The summed E-state index contributed by atoms with van der Waals surface area (Å²) in [7, 11) is 1.58. The fourth-order valence-electron chi connectivity index (χ4n) is 2.56. The topological polar surface area (TPSA) is 82.4 Å². The van der Waals surface area contributed by atoms with E-state index in [9.17, 15) is 14.0 Å². The van der Waals surface area contributed by atoms with Crippen molar-refractivity contribution in [3.05, 3.63) is 76.8 Å². The fourth-order valence-corrected chi connectivity index (χ4v) is 2.56. The molecule has 1 N–H and O–H groups in total. The van der Waals surface area contributed by atoms with Gasteiger partial charge in [0, 0.05) is 11.6 Å². The van der Waals surface area contributed by atoms with Crippen molar-refractivity contribution < 1.29 is 18.7 Å². The number of amides is 1. The molecule has 1 aromatic heterocycles. The normalized spacial score (nSPS) is 10.4. The molecule has 3 aromatic rings. The number of halogens is 1. The summed E-state index contributed by atoms with van der Waals surface area (Å²) in [6, 6.07) is 15.7. The molecule has 0 saturated heterocycles. The minimum atomic E-state index is -0.402. The summed E-state index contributed by atoms with van der Waals surface area (Å²) in [5, 5.41) is 6.86. The Bertz CT molecular complexity index is 1020. The van der Waals surface area contributed by atoms with Crippen LogP contribution >= 0.6 is 0 Å². The Morgan fingerprint density at radius 2 is 1.72 bits per heavy atom. The van der Waals surface area contributed by atoms with E-state index >= 15 is 0 Å². The Labute approximate surface area is 166 Å². The predicted molar refractivity (Wildman–Crippen MR) is 105 cm³/mol. The van der Waals surface area contributed by atoms with Crippen LogP contribution in [0.1, 0.15) is 0 Å². The van der Waals surface area contributed by atoms with Crippen molar-refractivity contribution in [1.29, 1.82) is 0 Å². The van der Waals surface area contributed by atoms with Gasteiger partial charge in [0.1, 0.15) is 30.5 Å². The largest absolute Gasteiger partial charge is 0.497 e. The molecule has 0 aliphatic carbocycles. The van der Waals surface area contributed by atoms with E-state index in [2.05, 4.69) is 10.4 Å². The molecule has 7 nitrogen and oxygen atoms in total. The zero-order valence-electron chi connectivity index (χ0n) is 15.8. The molecule has 8 heteroatoms. The van der Waals surface area contributed by atoms with Crippen LogP contribution in [0.3, 0.4) is 0 Å². The van der Waals surface area contributed by atoms with E-state index in [1.165, 1.54) is 24.3 Å². The van der Waals surface area contributed by atoms with Gasteiger partial charge in [0.15, 0.2) is 0 Å². The summed E-state index contributed by atoms with van der Waals surface area (Å²) in [4.78, 5) is 24.1. The van der Waals surface area contributed by atoms with Crippen LogP contribution in [0.25, 0.3) is 11.3 Å². The molecule has 0 aliphatic rings. The van der Waals surface area contributed by atoms with Gasteiger partial charge in [0.25, 0.3) is 5.56 Å². The molecular formula is C21H20FN3O4. The van der Waals surface area contributed by atoms with Crippen LogP contribution in [-0.4, -0.2) is 35.9 Å². The van der Waals surface area contributed by atoms with E-state index in [1.807, 2.05) is 0 Å². The van der Waals surface area contributed by atoms with Crippen molar-refractivity contribution in [3.8, 4) is 22.8 Å². The maximum atomic E-state index is 13.1. The summed E-state index contributed by atoms with van der Waals surface area (Å²) in [6.45, 7) is 0.323. The lowest BCUT2D eigenvalue weighted by molar-refractivity contribution is -0.122. The van der Waals surface area contributed by atoms with E-state index < -0.39 is 5.56 Å². The van der Waals surface area contributed by atoms with Crippen LogP contribution in [0.15, 0.2) is 65.5 Å². The third-order valence-electron chi connectivity index (χ3n) is 4.05. The summed E-state index contributed by atoms with van der Waals surface area (Å²) in [6.07, 6.45) is 0. The zero-order valence-corrected chi connectivity index (χ0v) is 15.8. The quantitative estimate of drug-likeness (QED) is 0.590. The number of carbonyl (C=O) groups is 1. The number of nitrogens with one attached hydrogen (secondary N) is 1.